The van der Waals surface area contributed by atoms with Crippen molar-refractivity contribution in [3.8, 4) is 34.1 Å². The molecule has 3 aliphatic rings. The van der Waals surface area contributed by atoms with Crippen LogP contribution in [0.25, 0.3) is 11.1 Å². The Morgan fingerprint density at radius 1 is 0.611 bits per heavy atom. The molecule has 0 aliphatic carbocycles. The first-order chi connectivity index (χ1) is 17.3. The molecular formula is C31H26BNO3. The number of nitrogens with zero attached hydrogens (tertiary/aromatic N) is 1. The minimum absolute atomic E-state index is 0.0796. The first-order valence-electron chi connectivity index (χ1n) is 12.4. The maximum atomic E-state index is 6.46. The van der Waals surface area contributed by atoms with Crippen molar-refractivity contribution in [1.82, 2.24) is 0 Å². The first-order valence-corrected chi connectivity index (χ1v) is 12.4. The lowest BCUT2D eigenvalue weighted by molar-refractivity contribution is 0.0619. The zero-order valence-corrected chi connectivity index (χ0v) is 20.8. The number of hydrogen-bond acceptors (Lipinski definition) is 4. The van der Waals surface area contributed by atoms with Gasteiger partial charge in [0.05, 0.1) is 5.54 Å². The fourth-order valence-corrected chi connectivity index (χ4v) is 5.29. The molecule has 176 valence electrons. The third-order valence-corrected chi connectivity index (χ3v) is 7.94. The Morgan fingerprint density at radius 2 is 1.19 bits per heavy atom. The minimum Gasteiger partial charge on any atom is -0.469 e. The zero-order chi connectivity index (χ0) is 24.7. The van der Waals surface area contributed by atoms with Crippen LogP contribution in [0, 0.1) is 0 Å². The molecule has 0 N–H and O–H groups in total. The number of hydrogen-bond donors (Lipinski definition) is 0. The highest BCUT2D eigenvalue weighted by Crippen LogP contribution is 2.40. The Bertz CT molecular complexity index is 1520. The summed E-state index contributed by atoms with van der Waals surface area (Å²) in [5, 5.41) is 0. The number of rotatable bonds is 2. The van der Waals surface area contributed by atoms with E-state index in [-0.39, 0.29) is 17.9 Å². The molecule has 7 rings (SSSR count). The average Bonchev–Trinajstić information content (AvgIpc) is 3.10. The standard InChI is InChI=1S/C31H26BNO3/c1-30(2)31(3,4)36-29(33-30)20-11-9-10-19(16-20)21-17-26-28-27(18-21)35-25-15-8-6-13-23(25)32(28)22-12-5-7-14-24(22)34-26/h5-18H,1-4H3. The smallest absolute Gasteiger partial charge is 0.260 e. The van der Waals surface area contributed by atoms with Crippen LogP contribution in [0.15, 0.2) is 89.9 Å². The van der Waals surface area contributed by atoms with Gasteiger partial charge in [0.25, 0.3) is 6.71 Å². The van der Waals surface area contributed by atoms with E-state index in [2.05, 4.69) is 88.4 Å². The lowest BCUT2D eigenvalue weighted by atomic mass is 9.35. The van der Waals surface area contributed by atoms with Gasteiger partial charge in [0.1, 0.15) is 28.6 Å². The van der Waals surface area contributed by atoms with Gasteiger partial charge in [0.2, 0.25) is 5.90 Å². The van der Waals surface area contributed by atoms with Crippen LogP contribution in [0.2, 0.25) is 0 Å². The van der Waals surface area contributed by atoms with Gasteiger partial charge in [0, 0.05) is 11.0 Å². The van der Waals surface area contributed by atoms with Gasteiger partial charge in [-0.3, -0.25) is 0 Å². The van der Waals surface area contributed by atoms with Gasteiger partial charge in [0.15, 0.2) is 0 Å². The normalized spacial score (nSPS) is 17.6. The van der Waals surface area contributed by atoms with Crippen LogP contribution in [-0.2, 0) is 4.74 Å². The first kappa shape index (κ1) is 21.3. The van der Waals surface area contributed by atoms with Crippen molar-refractivity contribution in [2.24, 2.45) is 4.99 Å². The van der Waals surface area contributed by atoms with Crippen molar-refractivity contribution < 1.29 is 14.2 Å². The van der Waals surface area contributed by atoms with Gasteiger partial charge in [-0.15, -0.1) is 0 Å². The van der Waals surface area contributed by atoms with Gasteiger partial charge in [-0.05, 0) is 86.1 Å². The summed E-state index contributed by atoms with van der Waals surface area (Å²) in [6, 6.07) is 29.2. The van der Waals surface area contributed by atoms with Gasteiger partial charge in [-0.25, -0.2) is 4.99 Å². The Hall–Kier alpha value is -3.99. The van der Waals surface area contributed by atoms with Crippen molar-refractivity contribution in [3.63, 3.8) is 0 Å². The maximum Gasteiger partial charge on any atom is 0.260 e. The van der Waals surface area contributed by atoms with Crippen molar-refractivity contribution in [1.29, 1.82) is 0 Å². The fraction of sp³-hybridized carbons (Fsp3) is 0.194. The van der Waals surface area contributed by atoms with Crippen molar-refractivity contribution >= 4 is 29.0 Å². The maximum absolute atomic E-state index is 6.46. The van der Waals surface area contributed by atoms with Crippen LogP contribution in [0.1, 0.15) is 33.3 Å². The van der Waals surface area contributed by atoms with E-state index >= 15 is 0 Å². The van der Waals surface area contributed by atoms with Gasteiger partial charge in [-0.1, -0.05) is 48.5 Å². The summed E-state index contributed by atoms with van der Waals surface area (Å²) >= 11 is 0. The quantitative estimate of drug-likeness (QED) is 0.317. The lowest BCUT2D eigenvalue weighted by Crippen LogP contribution is -2.57. The molecule has 0 aromatic heterocycles. The topological polar surface area (TPSA) is 40.0 Å². The second kappa shape index (κ2) is 7.27. The molecule has 0 atom stereocenters. The highest BCUT2D eigenvalue weighted by atomic mass is 16.5. The molecule has 0 unspecified atom stereocenters. The van der Waals surface area contributed by atoms with Gasteiger partial charge in [-0.2, -0.15) is 0 Å². The molecule has 0 fully saturated rings. The Morgan fingerprint density at radius 3 is 1.78 bits per heavy atom. The van der Waals surface area contributed by atoms with Crippen molar-refractivity contribution in [3.05, 3.63) is 90.5 Å². The largest absolute Gasteiger partial charge is 0.469 e. The van der Waals surface area contributed by atoms with Crippen LogP contribution in [0.4, 0.5) is 0 Å². The summed E-state index contributed by atoms with van der Waals surface area (Å²) in [7, 11) is 0. The highest BCUT2D eigenvalue weighted by molar-refractivity contribution is 6.98. The van der Waals surface area contributed by atoms with Gasteiger partial charge >= 0.3 is 0 Å². The number of ether oxygens (including phenoxy) is 3. The molecule has 0 spiro atoms. The van der Waals surface area contributed by atoms with E-state index in [4.69, 9.17) is 19.2 Å². The lowest BCUT2D eigenvalue weighted by Gasteiger charge is -2.33. The molecule has 4 aromatic rings. The SMILES string of the molecule is CC1(C)N=C(c2cccc(-c3cc4c5c(c3)Oc3ccccc3B5c3ccccc3O4)c2)OC1(C)C. The van der Waals surface area contributed by atoms with Crippen molar-refractivity contribution in [2.75, 3.05) is 0 Å². The summed E-state index contributed by atoms with van der Waals surface area (Å²) < 4.78 is 19.2. The average molecular weight is 471 g/mol. The second-order valence-corrected chi connectivity index (χ2v) is 10.8. The third kappa shape index (κ3) is 3.05. The van der Waals surface area contributed by atoms with Crippen molar-refractivity contribution in [2.45, 2.75) is 38.8 Å². The van der Waals surface area contributed by atoms with E-state index in [0.29, 0.717) is 5.90 Å². The van der Waals surface area contributed by atoms with E-state index in [1.54, 1.807) is 0 Å². The molecule has 3 heterocycles. The van der Waals surface area contributed by atoms with Gasteiger partial charge < -0.3 is 14.2 Å². The van der Waals surface area contributed by atoms with Crippen LogP contribution in [0.3, 0.4) is 0 Å². The Kier molecular flexibility index (Phi) is 4.30. The van der Waals surface area contributed by atoms with E-state index in [9.17, 15) is 0 Å². The third-order valence-electron chi connectivity index (χ3n) is 7.94. The molecule has 0 bridgehead atoms. The van der Waals surface area contributed by atoms with E-state index < -0.39 is 0 Å². The summed E-state index contributed by atoms with van der Waals surface area (Å²) in [5.41, 5.74) is 5.79. The second-order valence-electron chi connectivity index (χ2n) is 10.8. The summed E-state index contributed by atoms with van der Waals surface area (Å²) in [6.07, 6.45) is 0. The van der Waals surface area contributed by atoms with E-state index in [1.165, 1.54) is 10.9 Å². The molecular weight excluding hydrogens is 445 g/mol. The number of aliphatic imine (C=N–C) groups is 1. The summed E-state index contributed by atoms with van der Waals surface area (Å²) in [6.45, 7) is 8.47. The number of para-hydroxylation sites is 2. The number of benzene rings is 4. The van der Waals surface area contributed by atoms with Crippen LogP contribution >= 0.6 is 0 Å². The Balaban J connectivity index is 1.36. The molecule has 0 saturated carbocycles. The van der Waals surface area contributed by atoms with Crippen LogP contribution in [0.5, 0.6) is 23.0 Å². The fourth-order valence-electron chi connectivity index (χ4n) is 5.29. The highest BCUT2D eigenvalue weighted by Gasteiger charge is 2.45. The molecule has 4 nitrogen and oxygen atoms in total. The summed E-state index contributed by atoms with van der Waals surface area (Å²) in [4.78, 5) is 4.90. The van der Waals surface area contributed by atoms with Crippen LogP contribution in [-0.4, -0.2) is 23.8 Å². The molecule has 4 aromatic carbocycles. The monoisotopic (exact) mass is 471 g/mol. The predicted octanol–water partition coefficient (Wildman–Crippen LogP) is 5.42. The summed E-state index contributed by atoms with van der Waals surface area (Å²) in [5.74, 6) is 4.13. The molecule has 0 radical (unpaired) electrons. The Labute approximate surface area is 211 Å². The molecule has 0 saturated heterocycles. The van der Waals surface area contributed by atoms with E-state index in [1.807, 2.05) is 24.3 Å². The molecule has 5 heteroatoms. The molecule has 3 aliphatic heterocycles. The van der Waals surface area contributed by atoms with E-state index in [0.717, 1.165) is 45.2 Å². The predicted molar refractivity (Wildman–Crippen MR) is 145 cm³/mol. The molecule has 36 heavy (non-hydrogen) atoms. The zero-order valence-electron chi connectivity index (χ0n) is 20.8. The molecule has 0 amide bonds. The number of fused-ring (bicyclic) bond motifs is 4. The minimum atomic E-state index is -0.369. The van der Waals surface area contributed by atoms with Crippen LogP contribution < -0.4 is 25.9 Å².